The van der Waals surface area contributed by atoms with Crippen molar-refractivity contribution in [2.45, 2.75) is 46.1 Å². The Morgan fingerprint density at radius 2 is 2.06 bits per heavy atom. The van der Waals surface area contributed by atoms with Crippen molar-refractivity contribution in [2.75, 3.05) is 13.2 Å². The molecule has 2 N–H and O–H groups in total. The first-order valence-corrected chi connectivity index (χ1v) is 5.84. The summed E-state index contributed by atoms with van der Waals surface area (Å²) in [4.78, 5) is 12.8. The molecule has 0 bridgehead atoms. The number of amides is 1. The average molecular weight is 229 g/mol. The maximum absolute atomic E-state index is 11.3. The van der Waals surface area contributed by atoms with E-state index in [1.807, 2.05) is 6.92 Å². The fraction of sp³-hybridized carbons (Fsp3) is 0.917. The normalized spacial score (nSPS) is 31.6. The van der Waals surface area contributed by atoms with Gasteiger partial charge in [0.2, 0.25) is 0 Å². The second-order valence-electron chi connectivity index (χ2n) is 6.00. The Bertz CT molecular complexity index is 272. The molecule has 0 saturated carbocycles. The molecule has 0 radical (unpaired) electrons. The summed E-state index contributed by atoms with van der Waals surface area (Å²) in [5.74, 6) is 0.0894. The summed E-state index contributed by atoms with van der Waals surface area (Å²) in [5, 5.41) is 18.4. The van der Waals surface area contributed by atoms with Crippen LogP contribution in [0.4, 0.5) is 4.79 Å². The number of carboxylic acid groups (broad SMARTS) is 1. The Morgan fingerprint density at radius 3 is 2.44 bits per heavy atom. The molecule has 1 aliphatic heterocycles. The molecule has 1 rings (SSSR count). The smallest absolute Gasteiger partial charge is 0.407 e. The third kappa shape index (κ3) is 2.17. The molecule has 1 amide bonds. The van der Waals surface area contributed by atoms with Crippen LogP contribution in [0.15, 0.2) is 0 Å². The Labute approximate surface area is 97.3 Å². The number of nitrogens with zero attached hydrogens (tertiary/aromatic N) is 1. The van der Waals surface area contributed by atoms with Gasteiger partial charge in [0.15, 0.2) is 0 Å². The molecule has 1 saturated heterocycles. The lowest BCUT2D eigenvalue weighted by Crippen LogP contribution is -2.61. The molecule has 4 nitrogen and oxygen atoms in total. The molecule has 1 fully saturated rings. The standard InChI is InChI=1S/C12H23NO3/c1-11(2,3)12(4)6-5-9(8-14)7-13(12)10(15)16/h9,14H,5-8H2,1-4H3,(H,15,16)/t9-,12-/m1/s1. The summed E-state index contributed by atoms with van der Waals surface area (Å²) in [7, 11) is 0. The van der Waals surface area contributed by atoms with Crippen molar-refractivity contribution in [1.82, 2.24) is 4.90 Å². The lowest BCUT2D eigenvalue weighted by Gasteiger charge is -2.53. The second kappa shape index (κ2) is 4.24. The van der Waals surface area contributed by atoms with Crippen molar-refractivity contribution in [3.8, 4) is 0 Å². The minimum atomic E-state index is -0.879. The molecule has 0 spiro atoms. The van der Waals surface area contributed by atoms with Crippen LogP contribution in [0.5, 0.6) is 0 Å². The maximum atomic E-state index is 11.3. The highest BCUT2D eigenvalue weighted by Crippen LogP contribution is 2.43. The third-order valence-corrected chi connectivity index (χ3v) is 4.18. The summed E-state index contributed by atoms with van der Waals surface area (Å²) in [6.07, 6.45) is 0.831. The molecule has 0 aromatic carbocycles. The average Bonchev–Trinajstić information content (AvgIpc) is 2.16. The second-order valence-corrected chi connectivity index (χ2v) is 6.00. The summed E-state index contributed by atoms with van der Waals surface area (Å²) >= 11 is 0. The quantitative estimate of drug-likeness (QED) is 0.724. The van der Waals surface area contributed by atoms with Crippen LogP contribution in [0.2, 0.25) is 0 Å². The van der Waals surface area contributed by atoms with Gasteiger partial charge in [0, 0.05) is 18.7 Å². The first-order valence-electron chi connectivity index (χ1n) is 5.84. The Balaban J connectivity index is 2.97. The van der Waals surface area contributed by atoms with Crippen LogP contribution in [0, 0.1) is 11.3 Å². The van der Waals surface area contributed by atoms with Gasteiger partial charge in [-0.25, -0.2) is 4.79 Å². The van der Waals surface area contributed by atoms with Gasteiger partial charge >= 0.3 is 6.09 Å². The number of likely N-dealkylation sites (tertiary alicyclic amines) is 1. The van der Waals surface area contributed by atoms with E-state index in [9.17, 15) is 9.90 Å². The van der Waals surface area contributed by atoms with Crippen molar-refractivity contribution in [3.05, 3.63) is 0 Å². The van der Waals surface area contributed by atoms with Gasteiger partial charge in [-0.1, -0.05) is 20.8 Å². The first-order chi connectivity index (χ1) is 7.22. The van der Waals surface area contributed by atoms with Crippen molar-refractivity contribution >= 4 is 6.09 Å². The van der Waals surface area contributed by atoms with Crippen molar-refractivity contribution in [3.63, 3.8) is 0 Å². The van der Waals surface area contributed by atoms with Gasteiger partial charge < -0.3 is 15.1 Å². The molecule has 16 heavy (non-hydrogen) atoms. The zero-order chi connectivity index (χ0) is 12.6. The van der Waals surface area contributed by atoms with E-state index in [2.05, 4.69) is 20.8 Å². The number of piperidine rings is 1. The van der Waals surface area contributed by atoms with Crippen molar-refractivity contribution < 1.29 is 15.0 Å². The van der Waals surface area contributed by atoms with Crippen molar-refractivity contribution in [2.24, 2.45) is 11.3 Å². The fourth-order valence-corrected chi connectivity index (χ4v) is 2.39. The van der Waals surface area contributed by atoms with Crippen LogP contribution in [-0.4, -0.2) is 39.9 Å². The molecular formula is C12H23NO3. The number of hydrogen-bond donors (Lipinski definition) is 2. The van der Waals surface area contributed by atoms with Gasteiger partial charge in [0.25, 0.3) is 0 Å². The molecule has 0 aromatic heterocycles. The van der Waals surface area contributed by atoms with Gasteiger partial charge in [-0.3, -0.25) is 0 Å². The van der Waals surface area contributed by atoms with E-state index in [0.717, 1.165) is 12.8 Å². The van der Waals surface area contributed by atoms with Gasteiger partial charge in [0.1, 0.15) is 0 Å². The van der Waals surface area contributed by atoms with E-state index in [1.54, 1.807) is 0 Å². The molecule has 0 aliphatic carbocycles. The Kier molecular flexibility index (Phi) is 3.53. The zero-order valence-electron chi connectivity index (χ0n) is 10.7. The van der Waals surface area contributed by atoms with Gasteiger partial charge in [-0.15, -0.1) is 0 Å². The molecule has 0 unspecified atom stereocenters. The minimum Gasteiger partial charge on any atom is -0.465 e. The minimum absolute atomic E-state index is 0.0734. The van der Waals surface area contributed by atoms with E-state index >= 15 is 0 Å². The summed E-state index contributed by atoms with van der Waals surface area (Å²) in [6, 6.07) is 0. The first kappa shape index (κ1) is 13.3. The van der Waals surface area contributed by atoms with Gasteiger partial charge in [-0.05, 0) is 31.1 Å². The highest BCUT2D eigenvalue weighted by atomic mass is 16.4. The highest BCUT2D eigenvalue weighted by Gasteiger charge is 2.48. The number of aliphatic hydroxyl groups excluding tert-OH is 1. The lowest BCUT2D eigenvalue weighted by molar-refractivity contribution is -0.0365. The van der Waals surface area contributed by atoms with E-state index in [-0.39, 0.29) is 23.5 Å². The number of carbonyl (C=O) groups is 1. The molecular weight excluding hydrogens is 206 g/mol. The number of aliphatic hydroxyl groups is 1. The van der Waals surface area contributed by atoms with Crippen LogP contribution in [0.3, 0.4) is 0 Å². The van der Waals surface area contributed by atoms with E-state index in [0.29, 0.717) is 6.54 Å². The molecule has 2 atom stereocenters. The van der Waals surface area contributed by atoms with Crippen LogP contribution in [-0.2, 0) is 0 Å². The molecule has 1 heterocycles. The van der Waals surface area contributed by atoms with Crippen LogP contribution in [0.25, 0.3) is 0 Å². The topological polar surface area (TPSA) is 60.8 Å². The molecule has 4 heteroatoms. The van der Waals surface area contributed by atoms with E-state index < -0.39 is 6.09 Å². The highest BCUT2D eigenvalue weighted by molar-refractivity contribution is 5.66. The number of rotatable bonds is 1. The fourth-order valence-electron chi connectivity index (χ4n) is 2.39. The van der Waals surface area contributed by atoms with E-state index in [4.69, 9.17) is 5.11 Å². The van der Waals surface area contributed by atoms with Crippen molar-refractivity contribution in [1.29, 1.82) is 0 Å². The maximum Gasteiger partial charge on any atom is 0.407 e. The predicted molar refractivity (Wildman–Crippen MR) is 62.4 cm³/mol. The Hall–Kier alpha value is -0.770. The van der Waals surface area contributed by atoms with Gasteiger partial charge in [-0.2, -0.15) is 0 Å². The lowest BCUT2D eigenvalue weighted by atomic mass is 9.68. The third-order valence-electron chi connectivity index (χ3n) is 4.18. The molecule has 0 aromatic rings. The Morgan fingerprint density at radius 1 is 1.50 bits per heavy atom. The largest absolute Gasteiger partial charge is 0.465 e. The monoisotopic (exact) mass is 229 g/mol. The summed E-state index contributed by atoms with van der Waals surface area (Å²) in [5.41, 5.74) is -0.434. The van der Waals surface area contributed by atoms with E-state index in [1.165, 1.54) is 4.90 Å². The van der Waals surface area contributed by atoms with Gasteiger partial charge in [0.05, 0.1) is 0 Å². The summed E-state index contributed by atoms with van der Waals surface area (Å²) in [6.45, 7) is 8.74. The van der Waals surface area contributed by atoms with Crippen LogP contribution >= 0.6 is 0 Å². The predicted octanol–water partition coefficient (Wildman–Crippen LogP) is 2.17. The van der Waals surface area contributed by atoms with Crippen LogP contribution in [0.1, 0.15) is 40.5 Å². The zero-order valence-corrected chi connectivity index (χ0v) is 10.7. The van der Waals surface area contributed by atoms with Crippen LogP contribution < -0.4 is 0 Å². The molecule has 94 valence electrons. The SMILES string of the molecule is CC(C)(C)[C@@]1(C)CC[C@@H](CO)CN1C(=O)O. The number of hydrogen-bond acceptors (Lipinski definition) is 2. The summed E-state index contributed by atoms with van der Waals surface area (Å²) < 4.78 is 0. The molecule has 1 aliphatic rings.